The van der Waals surface area contributed by atoms with Crippen molar-refractivity contribution in [2.75, 3.05) is 5.32 Å². The summed E-state index contributed by atoms with van der Waals surface area (Å²) in [5.41, 5.74) is 1.64. The Bertz CT molecular complexity index is 669. The predicted molar refractivity (Wildman–Crippen MR) is 75.3 cm³/mol. The van der Waals surface area contributed by atoms with Crippen molar-refractivity contribution in [3.63, 3.8) is 0 Å². The van der Waals surface area contributed by atoms with Gasteiger partial charge in [0.1, 0.15) is 0 Å². The number of carbonyl (C=O) groups excluding carboxylic acids is 1. The maximum Gasteiger partial charge on any atom is 0.337 e. The van der Waals surface area contributed by atoms with Crippen LogP contribution in [0.5, 0.6) is 0 Å². The minimum absolute atomic E-state index is 0.0123. The molecular formula is C14H11ClN2O3. The quantitative estimate of drug-likeness (QED) is 0.911. The van der Waals surface area contributed by atoms with Gasteiger partial charge in [-0.15, -0.1) is 0 Å². The Morgan fingerprint density at radius 1 is 1.25 bits per heavy atom. The average Bonchev–Trinajstić information content (AvgIpc) is 2.39. The molecule has 0 bridgehead atoms. The summed E-state index contributed by atoms with van der Waals surface area (Å²) >= 11 is 5.83. The monoisotopic (exact) mass is 290 g/mol. The number of nitrogens with zero attached hydrogens (tertiary/aromatic N) is 1. The first kappa shape index (κ1) is 14.0. The highest BCUT2D eigenvalue weighted by Crippen LogP contribution is 2.21. The number of aromatic carboxylic acids is 1. The standard InChI is InChI=1S/C14H11ClN2O3/c1-8-2-3-9(7-16-8)13(18)17-10-4-5-11(14(19)20)12(15)6-10/h2-7H,1H3,(H,17,18)(H,19,20). The van der Waals surface area contributed by atoms with Crippen LogP contribution in [0.3, 0.4) is 0 Å². The van der Waals surface area contributed by atoms with Crippen LogP contribution in [0.15, 0.2) is 36.5 Å². The van der Waals surface area contributed by atoms with Gasteiger partial charge < -0.3 is 10.4 Å². The van der Waals surface area contributed by atoms with Gasteiger partial charge in [0.05, 0.1) is 16.1 Å². The number of rotatable bonds is 3. The van der Waals surface area contributed by atoms with Crippen molar-refractivity contribution in [1.29, 1.82) is 0 Å². The summed E-state index contributed by atoms with van der Waals surface area (Å²) < 4.78 is 0. The Hall–Kier alpha value is -2.40. The van der Waals surface area contributed by atoms with Crippen molar-refractivity contribution >= 4 is 29.2 Å². The molecule has 102 valence electrons. The fraction of sp³-hybridized carbons (Fsp3) is 0.0714. The van der Waals surface area contributed by atoms with Gasteiger partial charge in [-0.3, -0.25) is 9.78 Å². The van der Waals surface area contributed by atoms with Crippen molar-refractivity contribution in [3.05, 3.63) is 58.4 Å². The van der Waals surface area contributed by atoms with Gasteiger partial charge in [-0.1, -0.05) is 11.6 Å². The zero-order valence-electron chi connectivity index (χ0n) is 10.6. The minimum Gasteiger partial charge on any atom is -0.478 e. The number of aryl methyl sites for hydroxylation is 1. The van der Waals surface area contributed by atoms with E-state index in [4.69, 9.17) is 16.7 Å². The van der Waals surface area contributed by atoms with Gasteiger partial charge in [0.15, 0.2) is 0 Å². The number of carboxylic acids is 1. The number of nitrogens with one attached hydrogen (secondary N) is 1. The van der Waals surface area contributed by atoms with Crippen molar-refractivity contribution in [3.8, 4) is 0 Å². The predicted octanol–water partition coefficient (Wildman–Crippen LogP) is 2.99. The van der Waals surface area contributed by atoms with Gasteiger partial charge in [0.2, 0.25) is 0 Å². The first-order valence-corrected chi connectivity index (χ1v) is 6.12. The van der Waals surface area contributed by atoms with E-state index in [-0.39, 0.29) is 16.5 Å². The maximum atomic E-state index is 11.9. The smallest absolute Gasteiger partial charge is 0.337 e. The van der Waals surface area contributed by atoms with Crippen LogP contribution in [0.25, 0.3) is 0 Å². The highest BCUT2D eigenvalue weighted by Gasteiger charge is 2.11. The Balaban J connectivity index is 2.18. The van der Waals surface area contributed by atoms with Gasteiger partial charge in [-0.05, 0) is 37.3 Å². The molecule has 20 heavy (non-hydrogen) atoms. The van der Waals surface area contributed by atoms with E-state index < -0.39 is 5.97 Å². The van der Waals surface area contributed by atoms with Crippen molar-refractivity contribution in [1.82, 2.24) is 4.98 Å². The third-order valence-electron chi connectivity index (χ3n) is 2.63. The summed E-state index contributed by atoms with van der Waals surface area (Å²) in [5, 5.41) is 11.6. The lowest BCUT2D eigenvalue weighted by atomic mass is 10.2. The van der Waals surface area contributed by atoms with Gasteiger partial charge in [-0.25, -0.2) is 4.79 Å². The Morgan fingerprint density at radius 3 is 2.55 bits per heavy atom. The first-order valence-electron chi connectivity index (χ1n) is 5.74. The second kappa shape index (κ2) is 5.71. The summed E-state index contributed by atoms with van der Waals surface area (Å²) in [6, 6.07) is 7.60. The molecule has 1 amide bonds. The number of anilines is 1. The molecule has 0 radical (unpaired) electrons. The highest BCUT2D eigenvalue weighted by molar-refractivity contribution is 6.33. The maximum absolute atomic E-state index is 11.9. The highest BCUT2D eigenvalue weighted by atomic mass is 35.5. The molecule has 1 aromatic heterocycles. The van der Waals surface area contributed by atoms with E-state index in [1.807, 2.05) is 6.92 Å². The molecule has 5 nitrogen and oxygen atoms in total. The van der Waals surface area contributed by atoms with E-state index >= 15 is 0 Å². The number of benzene rings is 1. The fourth-order valence-electron chi connectivity index (χ4n) is 1.57. The molecule has 1 aromatic carbocycles. The molecule has 0 unspecified atom stereocenters. The van der Waals surface area contributed by atoms with E-state index in [0.717, 1.165) is 5.69 Å². The van der Waals surface area contributed by atoms with Gasteiger partial charge in [0.25, 0.3) is 5.91 Å². The van der Waals surface area contributed by atoms with E-state index in [1.54, 1.807) is 12.1 Å². The van der Waals surface area contributed by atoms with Crippen molar-refractivity contribution in [2.45, 2.75) is 6.92 Å². The third-order valence-corrected chi connectivity index (χ3v) is 2.94. The second-order valence-electron chi connectivity index (χ2n) is 4.14. The van der Waals surface area contributed by atoms with Gasteiger partial charge in [0, 0.05) is 17.6 Å². The van der Waals surface area contributed by atoms with E-state index in [1.165, 1.54) is 24.4 Å². The number of halogens is 1. The Kier molecular flexibility index (Phi) is 4.00. The molecule has 0 spiro atoms. The SMILES string of the molecule is Cc1ccc(C(=O)Nc2ccc(C(=O)O)c(Cl)c2)cn1. The van der Waals surface area contributed by atoms with Gasteiger partial charge >= 0.3 is 5.97 Å². The number of pyridine rings is 1. The number of amides is 1. The lowest BCUT2D eigenvalue weighted by Crippen LogP contribution is -2.12. The second-order valence-corrected chi connectivity index (χ2v) is 4.55. The summed E-state index contributed by atoms with van der Waals surface area (Å²) in [6.45, 7) is 1.83. The van der Waals surface area contributed by atoms with Crippen molar-refractivity contribution in [2.24, 2.45) is 0 Å². The minimum atomic E-state index is -1.12. The van der Waals surface area contributed by atoms with Gasteiger partial charge in [-0.2, -0.15) is 0 Å². The molecule has 2 N–H and O–H groups in total. The molecule has 0 aliphatic carbocycles. The van der Waals surface area contributed by atoms with Crippen LogP contribution in [-0.4, -0.2) is 22.0 Å². The molecule has 2 rings (SSSR count). The normalized spacial score (nSPS) is 10.1. The molecule has 2 aromatic rings. The molecule has 1 heterocycles. The Morgan fingerprint density at radius 2 is 2.00 bits per heavy atom. The molecule has 0 saturated carbocycles. The van der Waals surface area contributed by atoms with E-state index in [9.17, 15) is 9.59 Å². The van der Waals surface area contributed by atoms with Crippen LogP contribution < -0.4 is 5.32 Å². The lowest BCUT2D eigenvalue weighted by molar-refractivity contribution is 0.0697. The molecule has 0 aliphatic rings. The molecule has 0 aliphatic heterocycles. The zero-order chi connectivity index (χ0) is 14.7. The summed E-state index contributed by atoms with van der Waals surface area (Å²) in [7, 11) is 0. The first-order chi connectivity index (χ1) is 9.47. The summed E-state index contributed by atoms with van der Waals surface area (Å²) in [5.74, 6) is -1.45. The molecular weight excluding hydrogens is 280 g/mol. The average molecular weight is 291 g/mol. The van der Waals surface area contributed by atoms with Crippen LogP contribution in [0.4, 0.5) is 5.69 Å². The Labute approximate surface area is 120 Å². The molecule has 6 heteroatoms. The van der Waals surface area contributed by atoms with Crippen LogP contribution >= 0.6 is 11.6 Å². The number of hydrogen-bond donors (Lipinski definition) is 2. The number of hydrogen-bond acceptors (Lipinski definition) is 3. The molecule has 0 saturated heterocycles. The number of carbonyl (C=O) groups is 2. The van der Waals surface area contributed by atoms with E-state index in [0.29, 0.717) is 11.3 Å². The lowest BCUT2D eigenvalue weighted by Gasteiger charge is -2.07. The van der Waals surface area contributed by atoms with Crippen LogP contribution in [0, 0.1) is 6.92 Å². The third kappa shape index (κ3) is 3.13. The number of aromatic nitrogens is 1. The zero-order valence-corrected chi connectivity index (χ0v) is 11.3. The molecule has 0 fully saturated rings. The van der Waals surface area contributed by atoms with Crippen molar-refractivity contribution < 1.29 is 14.7 Å². The van der Waals surface area contributed by atoms with E-state index in [2.05, 4.69) is 10.3 Å². The molecule has 0 atom stereocenters. The number of carboxylic acid groups (broad SMARTS) is 1. The summed E-state index contributed by atoms with van der Waals surface area (Å²) in [6.07, 6.45) is 1.47. The van der Waals surface area contributed by atoms with Crippen LogP contribution in [0.1, 0.15) is 26.4 Å². The van der Waals surface area contributed by atoms with Crippen LogP contribution in [0.2, 0.25) is 5.02 Å². The van der Waals surface area contributed by atoms with Crippen LogP contribution in [-0.2, 0) is 0 Å². The summed E-state index contributed by atoms with van der Waals surface area (Å²) in [4.78, 5) is 26.8. The largest absolute Gasteiger partial charge is 0.478 e. The fourth-order valence-corrected chi connectivity index (χ4v) is 1.83. The topological polar surface area (TPSA) is 79.3 Å².